The molecule has 3 nitrogen and oxygen atoms in total. The molecule has 1 atom stereocenters. The Morgan fingerprint density at radius 2 is 2.26 bits per heavy atom. The van der Waals surface area contributed by atoms with Crippen molar-refractivity contribution in [2.45, 2.75) is 18.9 Å². The molecule has 1 aromatic carbocycles. The molecule has 0 radical (unpaired) electrons. The molecule has 1 aromatic rings. The summed E-state index contributed by atoms with van der Waals surface area (Å²) in [4.78, 5) is 2.51. The van der Waals surface area contributed by atoms with E-state index in [0.29, 0.717) is 6.04 Å². The number of nitrogens with zero attached hydrogens (tertiary/aromatic N) is 1. The molecule has 0 saturated carbocycles. The van der Waals surface area contributed by atoms with Gasteiger partial charge in [0.05, 0.1) is 6.61 Å². The molecule has 1 unspecified atom stereocenters. The molecule has 1 heterocycles. The fraction of sp³-hybridized carbons (Fsp3) is 0.600. The minimum atomic E-state index is 0.418. The average molecular weight is 327 g/mol. The Bertz CT molecular complexity index is 378. The Hall–Kier alpha value is -0.420. The van der Waals surface area contributed by atoms with Crippen molar-refractivity contribution < 1.29 is 4.74 Å². The molecule has 0 amide bonds. The van der Waals surface area contributed by atoms with Crippen LogP contribution in [0.3, 0.4) is 0 Å². The van der Waals surface area contributed by atoms with E-state index in [9.17, 15) is 0 Å². The number of hydrogen-bond donors (Lipinski definition) is 1. The van der Waals surface area contributed by atoms with Crippen LogP contribution in [0.25, 0.3) is 0 Å². The zero-order chi connectivity index (χ0) is 13.5. The highest BCUT2D eigenvalue weighted by Crippen LogP contribution is 2.21. The lowest BCUT2D eigenvalue weighted by molar-refractivity contribution is 0.140. The zero-order valence-electron chi connectivity index (χ0n) is 11.6. The number of halogens is 1. The minimum Gasteiger partial charge on any atom is -0.380 e. The van der Waals surface area contributed by atoms with Gasteiger partial charge in [-0.2, -0.15) is 0 Å². The van der Waals surface area contributed by atoms with Crippen molar-refractivity contribution in [2.24, 2.45) is 0 Å². The van der Waals surface area contributed by atoms with Crippen LogP contribution in [-0.4, -0.2) is 44.8 Å². The summed E-state index contributed by atoms with van der Waals surface area (Å²) in [5.41, 5.74) is 1.35. The first-order valence-electron chi connectivity index (χ1n) is 7.02. The molecule has 0 spiro atoms. The molecule has 106 valence electrons. The van der Waals surface area contributed by atoms with Gasteiger partial charge in [0.2, 0.25) is 0 Å². The Labute approximate surface area is 124 Å². The zero-order valence-corrected chi connectivity index (χ0v) is 13.2. The van der Waals surface area contributed by atoms with Crippen LogP contribution in [0.1, 0.15) is 24.4 Å². The van der Waals surface area contributed by atoms with Crippen molar-refractivity contribution in [1.82, 2.24) is 10.2 Å². The number of benzene rings is 1. The van der Waals surface area contributed by atoms with Crippen LogP contribution < -0.4 is 5.32 Å². The number of rotatable bonds is 5. The van der Waals surface area contributed by atoms with E-state index in [2.05, 4.69) is 50.4 Å². The van der Waals surface area contributed by atoms with Gasteiger partial charge in [-0.15, -0.1) is 0 Å². The van der Waals surface area contributed by atoms with Crippen LogP contribution in [0, 0.1) is 0 Å². The van der Waals surface area contributed by atoms with E-state index in [1.807, 2.05) is 7.05 Å². The third-order valence-electron chi connectivity index (χ3n) is 3.65. The van der Waals surface area contributed by atoms with Gasteiger partial charge in [-0.05, 0) is 37.6 Å². The van der Waals surface area contributed by atoms with Crippen LogP contribution >= 0.6 is 15.9 Å². The maximum Gasteiger partial charge on any atom is 0.0593 e. The summed E-state index contributed by atoms with van der Waals surface area (Å²) >= 11 is 3.54. The van der Waals surface area contributed by atoms with Crippen LogP contribution in [0.15, 0.2) is 28.7 Å². The maximum absolute atomic E-state index is 5.49. The molecular weight excluding hydrogens is 304 g/mol. The standard InChI is InChI=1S/C15H23BrN2O/c1-17-15(13-4-2-5-14(16)12-13)6-8-18-7-3-10-19-11-9-18/h2,4-5,12,15,17H,3,6-11H2,1H3. The fourth-order valence-corrected chi connectivity index (χ4v) is 2.95. The number of ether oxygens (including phenoxy) is 1. The first-order chi connectivity index (χ1) is 9.29. The minimum absolute atomic E-state index is 0.418. The predicted octanol–water partition coefficient (Wildman–Crippen LogP) is 2.82. The van der Waals surface area contributed by atoms with E-state index in [4.69, 9.17) is 4.74 Å². The summed E-state index contributed by atoms with van der Waals surface area (Å²) in [6.07, 6.45) is 2.29. The van der Waals surface area contributed by atoms with Crippen molar-refractivity contribution in [2.75, 3.05) is 39.9 Å². The molecule has 1 fully saturated rings. The van der Waals surface area contributed by atoms with Crippen molar-refractivity contribution in [3.8, 4) is 0 Å². The third kappa shape index (κ3) is 4.88. The predicted molar refractivity (Wildman–Crippen MR) is 82.4 cm³/mol. The highest BCUT2D eigenvalue weighted by molar-refractivity contribution is 9.10. The summed E-state index contributed by atoms with van der Waals surface area (Å²) in [5.74, 6) is 0. The van der Waals surface area contributed by atoms with Crippen LogP contribution in [-0.2, 0) is 4.74 Å². The molecule has 4 heteroatoms. The second kappa shape index (κ2) is 8.00. The van der Waals surface area contributed by atoms with Crippen molar-refractivity contribution >= 4 is 15.9 Å². The first kappa shape index (κ1) is 15.0. The maximum atomic E-state index is 5.49. The second-order valence-corrected chi connectivity index (χ2v) is 5.91. The summed E-state index contributed by atoms with van der Waals surface area (Å²) < 4.78 is 6.64. The van der Waals surface area contributed by atoms with Gasteiger partial charge in [0.15, 0.2) is 0 Å². The normalized spacial score (nSPS) is 19.1. The Balaban J connectivity index is 1.88. The first-order valence-corrected chi connectivity index (χ1v) is 7.81. The Kier molecular flexibility index (Phi) is 6.31. The number of nitrogens with one attached hydrogen (secondary N) is 1. The molecule has 19 heavy (non-hydrogen) atoms. The van der Waals surface area contributed by atoms with Gasteiger partial charge in [-0.1, -0.05) is 28.1 Å². The Morgan fingerprint density at radius 3 is 3.05 bits per heavy atom. The lowest BCUT2D eigenvalue weighted by Gasteiger charge is -2.23. The molecule has 2 rings (SSSR count). The van der Waals surface area contributed by atoms with Crippen molar-refractivity contribution in [1.29, 1.82) is 0 Å². The van der Waals surface area contributed by atoms with Gasteiger partial charge in [0.1, 0.15) is 0 Å². The largest absolute Gasteiger partial charge is 0.380 e. The average Bonchev–Trinajstić information content (AvgIpc) is 2.68. The molecule has 1 N–H and O–H groups in total. The van der Waals surface area contributed by atoms with Gasteiger partial charge >= 0.3 is 0 Å². The molecular formula is C15H23BrN2O. The molecule has 0 bridgehead atoms. The summed E-state index contributed by atoms with van der Waals surface area (Å²) in [5, 5.41) is 3.42. The van der Waals surface area contributed by atoms with Crippen molar-refractivity contribution in [3.05, 3.63) is 34.3 Å². The van der Waals surface area contributed by atoms with E-state index in [0.717, 1.165) is 50.2 Å². The summed E-state index contributed by atoms with van der Waals surface area (Å²) in [6.45, 7) is 5.14. The molecule has 1 aliphatic heterocycles. The van der Waals surface area contributed by atoms with Crippen LogP contribution in [0.2, 0.25) is 0 Å². The lowest BCUT2D eigenvalue weighted by Crippen LogP contribution is -2.30. The van der Waals surface area contributed by atoms with E-state index in [1.165, 1.54) is 5.56 Å². The quantitative estimate of drug-likeness (QED) is 0.900. The molecule has 1 aliphatic rings. The van der Waals surface area contributed by atoms with Gasteiger partial charge in [-0.25, -0.2) is 0 Å². The summed E-state index contributed by atoms with van der Waals surface area (Å²) in [7, 11) is 2.04. The highest BCUT2D eigenvalue weighted by Gasteiger charge is 2.13. The third-order valence-corrected chi connectivity index (χ3v) is 4.14. The molecule has 1 saturated heterocycles. The lowest BCUT2D eigenvalue weighted by atomic mass is 10.0. The summed E-state index contributed by atoms with van der Waals surface area (Å²) in [6, 6.07) is 8.98. The molecule has 0 aliphatic carbocycles. The molecule has 0 aromatic heterocycles. The Morgan fingerprint density at radius 1 is 1.37 bits per heavy atom. The topological polar surface area (TPSA) is 24.5 Å². The van der Waals surface area contributed by atoms with Gasteiger partial charge in [-0.3, -0.25) is 0 Å². The van der Waals surface area contributed by atoms with Gasteiger partial charge < -0.3 is 15.0 Å². The second-order valence-electron chi connectivity index (χ2n) is 4.99. The van der Waals surface area contributed by atoms with Crippen LogP contribution in [0.5, 0.6) is 0 Å². The van der Waals surface area contributed by atoms with Crippen molar-refractivity contribution in [3.63, 3.8) is 0 Å². The number of hydrogen-bond acceptors (Lipinski definition) is 3. The fourth-order valence-electron chi connectivity index (χ4n) is 2.53. The highest BCUT2D eigenvalue weighted by atomic mass is 79.9. The van der Waals surface area contributed by atoms with E-state index < -0.39 is 0 Å². The SMILES string of the molecule is CNC(CCN1CCCOCC1)c1cccc(Br)c1. The van der Waals surface area contributed by atoms with E-state index >= 15 is 0 Å². The van der Waals surface area contributed by atoms with Crippen LogP contribution in [0.4, 0.5) is 0 Å². The smallest absolute Gasteiger partial charge is 0.0593 e. The van der Waals surface area contributed by atoms with E-state index in [-0.39, 0.29) is 0 Å². The monoisotopic (exact) mass is 326 g/mol. The van der Waals surface area contributed by atoms with Gasteiger partial charge in [0, 0.05) is 36.8 Å². The van der Waals surface area contributed by atoms with E-state index in [1.54, 1.807) is 0 Å². The van der Waals surface area contributed by atoms with Gasteiger partial charge in [0.25, 0.3) is 0 Å².